The predicted octanol–water partition coefficient (Wildman–Crippen LogP) is 3.24. The third-order valence-electron chi connectivity index (χ3n) is 4.06. The quantitative estimate of drug-likeness (QED) is 0.687. The summed E-state index contributed by atoms with van der Waals surface area (Å²) in [4.78, 5) is 23.2. The molecule has 0 aromatic heterocycles. The third-order valence-corrected chi connectivity index (χ3v) is 4.06. The number of ether oxygens (including phenoxy) is 3. The lowest BCUT2D eigenvalue weighted by molar-refractivity contribution is -0.144. The molecule has 0 saturated heterocycles. The Labute approximate surface area is 158 Å². The third kappa shape index (κ3) is 6.66. The highest BCUT2D eigenvalue weighted by Gasteiger charge is 2.23. The molecule has 0 atom stereocenters. The summed E-state index contributed by atoms with van der Waals surface area (Å²) in [6.07, 6.45) is 2.23. The van der Waals surface area contributed by atoms with Crippen LogP contribution in [0.5, 0.6) is 17.2 Å². The molecule has 1 aliphatic rings. The molecule has 1 N–H and O–H groups in total. The Morgan fingerprint density at radius 2 is 1.56 bits per heavy atom. The summed E-state index contributed by atoms with van der Waals surface area (Å²) in [7, 11) is 0. The molecule has 1 saturated carbocycles. The lowest BCUT2D eigenvalue weighted by Crippen LogP contribution is -2.34. The van der Waals surface area contributed by atoms with E-state index in [1.165, 1.54) is 5.56 Å². The number of carbonyl (C=O) groups is 2. The van der Waals surface area contributed by atoms with Crippen molar-refractivity contribution in [1.29, 1.82) is 0 Å². The number of benzene rings is 2. The van der Waals surface area contributed by atoms with Crippen molar-refractivity contribution in [1.82, 2.24) is 5.32 Å². The van der Waals surface area contributed by atoms with Gasteiger partial charge in [0, 0.05) is 0 Å². The number of aryl methyl sites for hydroxylation is 1. The molecule has 0 aliphatic heterocycles. The fourth-order valence-electron chi connectivity index (χ4n) is 2.26. The van der Waals surface area contributed by atoms with Crippen molar-refractivity contribution in [3.63, 3.8) is 0 Å². The molecule has 6 nitrogen and oxygen atoms in total. The van der Waals surface area contributed by atoms with Crippen molar-refractivity contribution in [3.8, 4) is 17.2 Å². The van der Waals surface area contributed by atoms with Crippen molar-refractivity contribution < 1.29 is 23.8 Å². The van der Waals surface area contributed by atoms with Crippen molar-refractivity contribution in [2.24, 2.45) is 5.92 Å². The smallest absolute Gasteiger partial charge is 0.325 e. The van der Waals surface area contributed by atoms with Crippen LogP contribution in [-0.4, -0.2) is 31.6 Å². The van der Waals surface area contributed by atoms with Gasteiger partial charge < -0.3 is 19.5 Å². The molecular weight excluding hydrogens is 346 g/mol. The number of amides is 1. The van der Waals surface area contributed by atoms with Crippen LogP contribution in [0.4, 0.5) is 0 Å². The summed E-state index contributed by atoms with van der Waals surface area (Å²) in [5.74, 6) is 1.67. The number of rotatable bonds is 9. The number of nitrogens with one attached hydrogen (secondary N) is 1. The summed E-state index contributed by atoms with van der Waals surface area (Å²) in [5.41, 5.74) is 1.17. The number of esters is 1. The lowest BCUT2D eigenvalue weighted by atomic mass is 10.2. The Bertz CT molecular complexity index is 766. The van der Waals surface area contributed by atoms with Gasteiger partial charge >= 0.3 is 5.97 Å². The minimum Gasteiger partial charge on any atom is -0.484 e. The van der Waals surface area contributed by atoms with Gasteiger partial charge in [0.25, 0.3) is 5.91 Å². The first-order chi connectivity index (χ1) is 13.1. The van der Waals surface area contributed by atoms with E-state index >= 15 is 0 Å². The van der Waals surface area contributed by atoms with Gasteiger partial charge in [0.1, 0.15) is 23.8 Å². The van der Waals surface area contributed by atoms with Crippen molar-refractivity contribution in [2.45, 2.75) is 19.8 Å². The van der Waals surface area contributed by atoms with E-state index in [4.69, 9.17) is 14.2 Å². The van der Waals surface area contributed by atoms with E-state index in [1.807, 2.05) is 31.2 Å². The van der Waals surface area contributed by atoms with E-state index in [2.05, 4.69) is 5.32 Å². The second-order valence-corrected chi connectivity index (χ2v) is 6.58. The van der Waals surface area contributed by atoms with Crippen molar-refractivity contribution in [2.75, 3.05) is 19.8 Å². The normalized spacial score (nSPS) is 12.9. The van der Waals surface area contributed by atoms with E-state index in [1.54, 1.807) is 24.3 Å². The van der Waals surface area contributed by atoms with Gasteiger partial charge in [-0.1, -0.05) is 17.7 Å². The summed E-state index contributed by atoms with van der Waals surface area (Å²) >= 11 is 0. The average molecular weight is 369 g/mol. The highest BCUT2D eigenvalue weighted by molar-refractivity contribution is 5.82. The minimum atomic E-state index is -0.423. The van der Waals surface area contributed by atoms with Crippen LogP contribution in [0.1, 0.15) is 18.4 Å². The second-order valence-electron chi connectivity index (χ2n) is 6.58. The van der Waals surface area contributed by atoms with Crippen LogP contribution in [0.15, 0.2) is 48.5 Å². The van der Waals surface area contributed by atoms with E-state index < -0.39 is 5.97 Å². The minimum absolute atomic E-state index is 0.141. The first-order valence-electron chi connectivity index (χ1n) is 8.98. The maximum atomic E-state index is 11.7. The SMILES string of the molecule is Cc1ccc(Oc2ccc(OCC(=O)NCC(=O)OCC3CC3)cc2)cc1. The van der Waals surface area contributed by atoms with Crippen molar-refractivity contribution >= 4 is 11.9 Å². The summed E-state index contributed by atoms with van der Waals surface area (Å²) in [6.45, 7) is 2.15. The summed E-state index contributed by atoms with van der Waals surface area (Å²) in [6, 6.07) is 14.7. The summed E-state index contributed by atoms with van der Waals surface area (Å²) in [5, 5.41) is 2.48. The molecular formula is C21H23NO5. The highest BCUT2D eigenvalue weighted by atomic mass is 16.5. The maximum Gasteiger partial charge on any atom is 0.325 e. The molecule has 0 heterocycles. The highest BCUT2D eigenvalue weighted by Crippen LogP contribution is 2.28. The van der Waals surface area contributed by atoms with Crippen LogP contribution in [0.3, 0.4) is 0 Å². The lowest BCUT2D eigenvalue weighted by Gasteiger charge is -2.09. The Hall–Kier alpha value is -3.02. The summed E-state index contributed by atoms with van der Waals surface area (Å²) < 4.78 is 16.2. The average Bonchev–Trinajstić information content (AvgIpc) is 3.50. The van der Waals surface area contributed by atoms with Gasteiger partial charge in [-0.2, -0.15) is 0 Å². The van der Waals surface area contributed by atoms with E-state index in [0.717, 1.165) is 18.6 Å². The van der Waals surface area contributed by atoms with Gasteiger partial charge in [-0.3, -0.25) is 9.59 Å². The fraction of sp³-hybridized carbons (Fsp3) is 0.333. The molecule has 2 aromatic carbocycles. The first-order valence-corrected chi connectivity index (χ1v) is 8.98. The number of hydrogen-bond acceptors (Lipinski definition) is 5. The number of hydrogen-bond donors (Lipinski definition) is 1. The molecule has 142 valence electrons. The van der Waals surface area contributed by atoms with Crippen LogP contribution in [0.2, 0.25) is 0 Å². The van der Waals surface area contributed by atoms with Crippen LogP contribution in [-0.2, 0) is 14.3 Å². The molecule has 1 amide bonds. The van der Waals surface area contributed by atoms with Gasteiger partial charge in [-0.05, 0) is 62.1 Å². The zero-order valence-corrected chi connectivity index (χ0v) is 15.3. The molecule has 6 heteroatoms. The van der Waals surface area contributed by atoms with E-state index in [9.17, 15) is 9.59 Å². The first kappa shape index (κ1) is 18.8. The van der Waals surface area contributed by atoms with Gasteiger partial charge in [0.2, 0.25) is 0 Å². The molecule has 0 spiro atoms. The molecule has 0 unspecified atom stereocenters. The standard InChI is InChI=1S/C21H23NO5/c1-15-2-6-18(7-3-15)27-19-10-8-17(9-11-19)25-14-20(23)22-12-21(24)26-13-16-4-5-16/h2-3,6-11,16H,4-5,12-14H2,1H3,(H,22,23). The Balaban J connectivity index is 1.36. The van der Waals surface area contributed by atoms with Crippen LogP contribution in [0, 0.1) is 12.8 Å². The topological polar surface area (TPSA) is 73.9 Å². The molecule has 2 aromatic rings. The van der Waals surface area contributed by atoms with Gasteiger partial charge in [0.05, 0.1) is 6.61 Å². The molecule has 0 bridgehead atoms. The zero-order chi connectivity index (χ0) is 19.1. The molecule has 0 radical (unpaired) electrons. The molecule has 1 aliphatic carbocycles. The van der Waals surface area contributed by atoms with Gasteiger partial charge in [-0.15, -0.1) is 0 Å². The second kappa shape index (κ2) is 9.07. The monoisotopic (exact) mass is 369 g/mol. The molecule has 3 rings (SSSR count). The van der Waals surface area contributed by atoms with E-state index in [0.29, 0.717) is 24.0 Å². The van der Waals surface area contributed by atoms with Gasteiger partial charge in [0.15, 0.2) is 6.61 Å². The molecule has 27 heavy (non-hydrogen) atoms. The Morgan fingerprint density at radius 3 is 2.19 bits per heavy atom. The predicted molar refractivity (Wildman–Crippen MR) is 99.9 cm³/mol. The van der Waals surface area contributed by atoms with Crippen LogP contribution >= 0.6 is 0 Å². The van der Waals surface area contributed by atoms with Crippen LogP contribution < -0.4 is 14.8 Å². The fourth-order valence-corrected chi connectivity index (χ4v) is 2.26. The van der Waals surface area contributed by atoms with Gasteiger partial charge in [-0.25, -0.2) is 0 Å². The Morgan fingerprint density at radius 1 is 0.963 bits per heavy atom. The maximum absolute atomic E-state index is 11.7. The van der Waals surface area contributed by atoms with E-state index in [-0.39, 0.29) is 19.1 Å². The Kier molecular flexibility index (Phi) is 6.30. The number of carbonyl (C=O) groups excluding carboxylic acids is 2. The van der Waals surface area contributed by atoms with Crippen LogP contribution in [0.25, 0.3) is 0 Å². The zero-order valence-electron chi connectivity index (χ0n) is 15.3. The largest absolute Gasteiger partial charge is 0.484 e. The van der Waals surface area contributed by atoms with Crippen molar-refractivity contribution in [3.05, 3.63) is 54.1 Å². The molecule has 1 fully saturated rings.